The van der Waals surface area contributed by atoms with Crippen molar-refractivity contribution in [3.8, 4) is 6.07 Å². The van der Waals surface area contributed by atoms with Crippen LogP contribution in [0.25, 0.3) is 0 Å². The number of likely N-dealkylation sites (tertiary alicyclic amines) is 1. The molecular formula is C9H17N3. The predicted molar refractivity (Wildman–Crippen MR) is 48.4 cm³/mol. The van der Waals surface area contributed by atoms with Gasteiger partial charge in [-0.25, -0.2) is 0 Å². The van der Waals surface area contributed by atoms with E-state index in [1.54, 1.807) is 0 Å². The van der Waals surface area contributed by atoms with E-state index in [1.807, 2.05) is 6.92 Å². The van der Waals surface area contributed by atoms with Crippen LogP contribution in [0.4, 0.5) is 0 Å². The molecule has 0 radical (unpaired) electrons. The van der Waals surface area contributed by atoms with Crippen molar-refractivity contribution in [2.45, 2.75) is 25.8 Å². The Morgan fingerprint density at radius 3 is 3.08 bits per heavy atom. The number of hydrogen-bond donors (Lipinski definition) is 1. The highest BCUT2D eigenvalue weighted by molar-refractivity contribution is 4.87. The molecule has 2 unspecified atom stereocenters. The van der Waals surface area contributed by atoms with E-state index in [1.165, 1.54) is 12.8 Å². The highest BCUT2D eigenvalue weighted by Gasteiger charge is 2.23. The maximum absolute atomic E-state index is 8.65. The standard InChI is InChI=1S/C9H17N3/c1-8(5-10)7-12-4-2-3-9(12)6-11/h8-9H,2-4,6-7,11H2,1H3. The maximum atomic E-state index is 8.65. The highest BCUT2D eigenvalue weighted by atomic mass is 15.2. The third kappa shape index (κ3) is 2.20. The summed E-state index contributed by atoms with van der Waals surface area (Å²) in [5, 5.41) is 8.65. The smallest absolute Gasteiger partial charge is 0.0666 e. The molecule has 3 heteroatoms. The molecule has 12 heavy (non-hydrogen) atoms. The molecule has 0 amide bonds. The van der Waals surface area contributed by atoms with Crippen LogP contribution in [0.3, 0.4) is 0 Å². The lowest BCUT2D eigenvalue weighted by molar-refractivity contribution is 0.241. The van der Waals surface area contributed by atoms with E-state index in [0.717, 1.165) is 19.6 Å². The van der Waals surface area contributed by atoms with Gasteiger partial charge in [0, 0.05) is 19.1 Å². The van der Waals surface area contributed by atoms with E-state index in [4.69, 9.17) is 11.0 Å². The molecule has 0 aliphatic carbocycles. The van der Waals surface area contributed by atoms with Crippen molar-refractivity contribution in [2.24, 2.45) is 11.7 Å². The fraction of sp³-hybridized carbons (Fsp3) is 0.889. The summed E-state index contributed by atoms with van der Waals surface area (Å²) >= 11 is 0. The number of nitrogens with two attached hydrogens (primary N) is 1. The van der Waals surface area contributed by atoms with Gasteiger partial charge in [-0.3, -0.25) is 4.90 Å². The molecule has 0 aromatic rings. The summed E-state index contributed by atoms with van der Waals surface area (Å²) in [5.74, 6) is 0.136. The average molecular weight is 167 g/mol. The first-order valence-electron chi connectivity index (χ1n) is 4.61. The van der Waals surface area contributed by atoms with Gasteiger partial charge in [-0.1, -0.05) is 0 Å². The SMILES string of the molecule is CC(C#N)CN1CCCC1CN. The van der Waals surface area contributed by atoms with Crippen LogP contribution >= 0.6 is 0 Å². The normalized spacial score (nSPS) is 26.9. The van der Waals surface area contributed by atoms with Crippen LogP contribution in [0.15, 0.2) is 0 Å². The summed E-state index contributed by atoms with van der Waals surface area (Å²) in [6.45, 7) is 4.70. The molecule has 0 aromatic heterocycles. The Labute approximate surface area is 74.1 Å². The Hall–Kier alpha value is -0.590. The summed E-state index contributed by atoms with van der Waals surface area (Å²) < 4.78 is 0. The van der Waals surface area contributed by atoms with Crippen LogP contribution in [0, 0.1) is 17.2 Å². The van der Waals surface area contributed by atoms with Gasteiger partial charge >= 0.3 is 0 Å². The van der Waals surface area contributed by atoms with Crippen molar-refractivity contribution in [1.82, 2.24) is 4.90 Å². The van der Waals surface area contributed by atoms with E-state index in [9.17, 15) is 0 Å². The zero-order valence-electron chi connectivity index (χ0n) is 7.66. The Bertz CT molecular complexity index is 173. The Kier molecular flexibility index (Phi) is 3.51. The average Bonchev–Trinajstić information content (AvgIpc) is 2.51. The lowest BCUT2D eigenvalue weighted by Crippen LogP contribution is -2.37. The number of nitriles is 1. The molecule has 1 aliphatic rings. The molecule has 1 aliphatic heterocycles. The van der Waals surface area contributed by atoms with Gasteiger partial charge in [0.05, 0.1) is 12.0 Å². The van der Waals surface area contributed by atoms with Crippen molar-refractivity contribution in [1.29, 1.82) is 5.26 Å². The van der Waals surface area contributed by atoms with Crippen LogP contribution in [0.1, 0.15) is 19.8 Å². The van der Waals surface area contributed by atoms with Crippen LogP contribution in [-0.2, 0) is 0 Å². The number of hydrogen-bond acceptors (Lipinski definition) is 3. The Morgan fingerprint density at radius 2 is 2.50 bits per heavy atom. The largest absolute Gasteiger partial charge is 0.329 e. The Balaban J connectivity index is 2.36. The van der Waals surface area contributed by atoms with Gasteiger partial charge in [0.15, 0.2) is 0 Å². The van der Waals surface area contributed by atoms with Gasteiger partial charge in [0.25, 0.3) is 0 Å². The topological polar surface area (TPSA) is 53.0 Å². The molecule has 1 saturated heterocycles. The van der Waals surface area contributed by atoms with E-state index in [0.29, 0.717) is 6.04 Å². The number of nitrogens with zero attached hydrogens (tertiary/aromatic N) is 2. The summed E-state index contributed by atoms with van der Waals surface area (Å²) in [6.07, 6.45) is 2.44. The van der Waals surface area contributed by atoms with Gasteiger partial charge in [0.1, 0.15) is 0 Å². The molecule has 2 atom stereocenters. The molecule has 3 nitrogen and oxygen atoms in total. The van der Waals surface area contributed by atoms with Crippen molar-refractivity contribution in [2.75, 3.05) is 19.6 Å². The lowest BCUT2D eigenvalue weighted by Gasteiger charge is -2.23. The first-order chi connectivity index (χ1) is 5.77. The van der Waals surface area contributed by atoms with Gasteiger partial charge in [-0.05, 0) is 26.3 Å². The van der Waals surface area contributed by atoms with Crippen molar-refractivity contribution < 1.29 is 0 Å². The molecule has 0 spiro atoms. The van der Waals surface area contributed by atoms with Gasteiger partial charge in [-0.15, -0.1) is 0 Å². The summed E-state index contributed by atoms with van der Waals surface area (Å²) in [4.78, 5) is 2.34. The van der Waals surface area contributed by atoms with Crippen molar-refractivity contribution >= 4 is 0 Å². The van der Waals surface area contributed by atoms with Crippen molar-refractivity contribution in [3.63, 3.8) is 0 Å². The fourth-order valence-corrected chi connectivity index (χ4v) is 1.80. The zero-order valence-corrected chi connectivity index (χ0v) is 7.66. The summed E-state index contributed by atoms with van der Waals surface area (Å²) in [7, 11) is 0. The second-order valence-corrected chi connectivity index (χ2v) is 3.56. The second-order valence-electron chi connectivity index (χ2n) is 3.56. The van der Waals surface area contributed by atoms with Gasteiger partial charge < -0.3 is 5.73 Å². The predicted octanol–water partition coefficient (Wildman–Crippen LogP) is 0.569. The van der Waals surface area contributed by atoms with E-state index >= 15 is 0 Å². The first-order valence-corrected chi connectivity index (χ1v) is 4.61. The second kappa shape index (κ2) is 4.44. The lowest BCUT2D eigenvalue weighted by atomic mass is 10.1. The number of rotatable bonds is 3. The minimum Gasteiger partial charge on any atom is -0.329 e. The molecule has 0 aromatic carbocycles. The quantitative estimate of drug-likeness (QED) is 0.668. The summed E-state index contributed by atoms with van der Waals surface area (Å²) in [5.41, 5.74) is 5.62. The Morgan fingerprint density at radius 1 is 1.75 bits per heavy atom. The van der Waals surface area contributed by atoms with Crippen LogP contribution < -0.4 is 5.73 Å². The molecule has 2 N–H and O–H groups in total. The van der Waals surface area contributed by atoms with Gasteiger partial charge in [0.2, 0.25) is 0 Å². The molecule has 68 valence electrons. The third-order valence-electron chi connectivity index (χ3n) is 2.50. The molecular weight excluding hydrogens is 150 g/mol. The molecule has 0 saturated carbocycles. The molecule has 0 bridgehead atoms. The summed E-state index contributed by atoms with van der Waals surface area (Å²) in [6, 6.07) is 2.78. The van der Waals surface area contributed by atoms with Gasteiger partial charge in [-0.2, -0.15) is 5.26 Å². The molecule has 1 fully saturated rings. The minimum absolute atomic E-state index is 0.136. The van der Waals surface area contributed by atoms with Crippen LogP contribution in [-0.4, -0.2) is 30.6 Å². The fourth-order valence-electron chi connectivity index (χ4n) is 1.80. The highest BCUT2D eigenvalue weighted by Crippen LogP contribution is 2.17. The minimum atomic E-state index is 0.136. The first kappa shape index (κ1) is 9.50. The maximum Gasteiger partial charge on any atom is 0.0666 e. The molecule has 1 rings (SSSR count). The van der Waals surface area contributed by atoms with E-state index < -0.39 is 0 Å². The zero-order chi connectivity index (χ0) is 8.97. The van der Waals surface area contributed by atoms with Crippen LogP contribution in [0.5, 0.6) is 0 Å². The van der Waals surface area contributed by atoms with Crippen molar-refractivity contribution in [3.05, 3.63) is 0 Å². The van der Waals surface area contributed by atoms with E-state index in [-0.39, 0.29) is 5.92 Å². The third-order valence-corrected chi connectivity index (χ3v) is 2.50. The monoisotopic (exact) mass is 167 g/mol. The van der Waals surface area contributed by atoms with E-state index in [2.05, 4.69) is 11.0 Å². The van der Waals surface area contributed by atoms with Crippen LogP contribution in [0.2, 0.25) is 0 Å². The molecule has 1 heterocycles.